The molecule has 56 valence electrons. The van der Waals surface area contributed by atoms with Gasteiger partial charge in [0.15, 0.2) is 11.7 Å². The van der Waals surface area contributed by atoms with Gasteiger partial charge in [-0.15, -0.1) is 0 Å². The molecule has 0 atom stereocenters. The lowest BCUT2D eigenvalue weighted by molar-refractivity contribution is 1.22. The smallest absolute Gasteiger partial charge is 0.160 e. The summed E-state index contributed by atoms with van der Waals surface area (Å²) in [6, 6.07) is 0. The summed E-state index contributed by atoms with van der Waals surface area (Å²) in [4.78, 5) is 10.7. The van der Waals surface area contributed by atoms with Crippen LogP contribution in [0, 0.1) is 0 Å². The third kappa shape index (κ3) is 0.778. The maximum Gasteiger partial charge on any atom is 0.160 e. The zero-order valence-electron chi connectivity index (χ0n) is 5.76. The van der Waals surface area contributed by atoms with E-state index in [4.69, 9.17) is 5.73 Å². The van der Waals surface area contributed by atoms with Crippen LogP contribution in [0.3, 0.4) is 0 Å². The Kier molecular flexibility index (Phi) is 1.00. The second-order valence-corrected chi connectivity index (χ2v) is 2.19. The lowest BCUT2D eigenvalue weighted by Crippen LogP contribution is -2.21. The fraction of sp³-hybridized carbons (Fsp3) is 0. The van der Waals surface area contributed by atoms with Crippen molar-refractivity contribution in [3.05, 3.63) is 24.4 Å². The van der Waals surface area contributed by atoms with Crippen molar-refractivity contribution in [2.75, 3.05) is 5.32 Å². The number of hydrogen-bond acceptors (Lipinski definition) is 4. The van der Waals surface area contributed by atoms with Gasteiger partial charge in [0.2, 0.25) is 0 Å². The number of aliphatic imine (C=N–C) groups is 1. The van der Waals surface area contributed by atoms with Gasteiger partial charge < -0.3 is 16.0 Å². The quantitative estimate of drug-likeness (QED) is 0.486. The molecule has 4 N–H and O–H groups in total. The largest absolute Gasteiger partial charge is 0.382 e. The molecule has 0 bridgehead atoms. The van der Waals surface area contributed by atoms with Gasteiger partial charge >= 0.3 is 0 Å². The Morgan fingerprint density at radius 1 is 1.55 bits per heavy atom. The second kappa shape index (κ2) is 1.85. The number of nitrogens with two attached hydrogens (primary N) is 1. The minimum atomic E-state index is 0.418. The summed E-state index contributed by atoms with van der Waals surface area (Å²) in [5.41, 5.74) is 6.28. The van der Waals surface area contributed by atoms with Gasteiger partial charge in [0.25, 0.3) is 0 Å². The molecule has 0 aromatic carbocycles. The summed E-state index contributed by atoms with van der Waals surface area (Å²) in [6.45, 7) is 3.61. The minimum Gasteiger partial charge on any atom is -0.382 e. The van der Waals surface area contributed by atoms with Crippen molar-refractivity contribution in [2.24, 2.45) is 10.7 Å². The summed E-state index contributed by atoms with van der Waals surface area (Å²) in [5, 5.41) is 2.87. The van der Waals surface area contributed by atoms with Crippen LogP contribution in [0.2, 0.25) is 0 Å². The van der Waals surface area contributed by atoms with E-state index in [0.717, 1.165) is 5.69 Å². The van der Waals surface area contributed by atoms with Gasteiger partial charge in [0.05, 0.1) is 6.33 Å². The normalized spacial score (nSPS) is 15.3. The molecular formula is C6H7N5. The van der Waals surface area contributed by atoms with Crippen LogP contribution < -0.4 is 11.1 Å². The third-order valence-electron chi connectivity index (χ3n) is 1.41. The molecule has 2 heterocycles. The van der Waals surface area contributed by atoms with Crippen molar-refractivity contribution in [2.45, 2.75) is 0 Å². The predicted molar refractivity (Wildman–Crippen MR) is 42.1 cm³/mol. The fourth-order valence-corrected chi connectivity index (χ4v) is 0.950. The topological polar surface area (TPSA) is 79.1 Å². The molecule has 0 amide bonds. The van der Waals surface area contributed by atoms with Crippen molar-refractivity contribution in [1.29, 1.82) is 0 Å². The first-order valence-electron chi connectivity index (χ1n) is 3.11. The molecule has 0 unspecified atom stereocenters. The van der Waals surface area contributed by atoms with E-state index >= 15 is 0 Å². The van der Waals surface area contributed by atoms with Gasteiger partial charge in [-0.3, -0.25) is 0 Å². The molecule has 5 heteroatoms. The lowest BCUT2D eigenvalue weighted by atomic mass is 10.3. The molecule has 2 rings (SSSR count). The van der Waals surface area contributed by atoms with E-state index in [-0.39, 0.29) is 0 Å². The molecule has 0 aliphatic carbocycles. The average Bonchev–Trinajstić information content (AvgIpc) is 2.34. The van der Waals surface area contributed by atoms with E-state index in [0.29, 0.717) is 17.5 Å². The van der Waals surface area contributed by atoms with Crippen LogP contribution >= 0.6 is 0 Å². The van der Waals surface area contributed by atoms with E-state index in [1.807, 2.05) is 0 Å². The fourth-order valence-electron chi connectivity index (χ4n) is 0.950. The molecule has 5 nitrogen and oxygen atoms in total. The molecule has 11 heavy (non-hydrogen) atoms. The van der Waals surface area contributed by atoms with E-state index in [2.05, 4.69) is 26.9 Å². The van der Waals surface area contributed by atoms with Gasteiger partial charge in [-0.2, -0.15) is 0 Å². The number of fused-ring (bicyclic) bond motifs is 1. The van der Waals surface area contributed by atoms with Crippen molar-refractivity contribution in [1.82, 2.24) is 9.97 Å². The van der Waals surface area contributed by atoms with E-state index in [1.165, 1.54) is 0 Å². The Labute approximate surface area is 63.0 Å². The number of nitrogens with one attached hydrogen (secondary N) is 2. The van der Waals surface area contributed by atoms with Crippen LogP contribution in [0.25, 0.3) is 0 Å². The van der Waals surface area contributed by atoms with Crippen molar-refractivity contribution in [3.8, 4) is 0 Å². The number of hydrogen-bond donors (Lipinski definition) is 3. The second-order valence-electron chi connectivity index (χ2n) is 2.19. The maximum absolute atomic E-state index is 5.56. The number of imidazole rings is 1. The highest BCUT2D eigenvalue weighted by Gasteiger charge is 2.14. The first-order chi connectivity index (χ1) is 5.27. The number of rotatable bonds is 0. The Morgan fingerprint density at radius 3 is 3.18 bits per heavy atom. The van der Waals surface area contributed by atoms with E-state index in [9.17, 15) is 0 Å². The molecule has 0 saturated carbocycles. The van der Waals surface area contributed by atoms with Crippen molar-refractivity contribution >= 4 is 11.7 Å². The highest BCUT2D eigenvalue weighted by atomic mass is 15.2. The zero-order chi connectivity index (χ0) is 7.84. The summed E-state index contributed by atoms with van der Waals surface area (Å²) in [5.74, 6) is 1.62. The lowest BCUT2D eigenvalue weighted by Gasteiger charge is -2.10. The number of nitrogens with zero attached hydrogens (tertiary/aromatic N) is 2. The number of aromatic nitrogens is 2. The van der Waals surface area contributed by atoms with Gasteiger partial charge in [-0.25, -0.2) is 9.98 Å². The average molecular weight is 149 g/mol. The Hall–Kier alpha value is -1.78. The first-order valence-corrected chi connectivity index (χ1v) is 3.11. The molecule has 0 saturated heterocycles. The summed E-state index contributed by atoms with van der Waals surface area (Å²) in [7, 11) is 0. The molecular weight excluding hydrogens is 142 g/mol. The summed E-state index contributed by atoms with van der Waals surface area (Å²) < 4.78 is 0. The van der Waals surface area contributed by atoms with Gasteiger partial charge in [0.1, 0.15) is 11.5 Å². The van der Waals surface area contributed by atoms with Crippen LogP contribution in [0.15, 0.2) is 23.7 Å². The van der Waals surface area contributed by atoms with Crippen molar-refractivity contribution < 1.29 is 0 Å². The Morgan fingerprint density at radius 2 is 2.36 bits per heavy atom. The molecule has 1 aliphatic heterocycles. The highest BCUT2D eigenvalue weighted by molar-refractivity contribution is 6.02. The molecule has 0 fully saturated rings. The molecule has 1 aromatic rings. The highest BCUT2D eigenvalue weighted by Crippen LogP contribution is 2.16. The number of aromatic amines is 1. The monoisotopic (exact) mass is 149 g/mol. The molecule has 0 spiro atoms. The van der Waals surface area contributed by atoms with E-state index in [1.54, 1.807) is 6.33 Å². The van der Waals surface area contributed by atoms with Crippen LogP contribution in [-0.4, -0.2) is 15.8 Å². The molecule has 1 aliphatic rings. The van der Waals surface area contributed by atoms with Crippen LogP contribution in [0.4, 0.5) is 5.82 Å². The minimum absolute atomic E-state index is 0.418. The maximum atomic E-state index is 5.56. The number of anilines is 1. The van der Waals surface area contributed by atoms with Crippen LogP contribution in [0.1, 0.15) is 5.69 Å². The summed E-state index contributed by atoms with van der Waals surface area (Å²) >= 11 is 0. The first kappa shape index (κ1) is 5.96. The molecule has 1 aromatic heterocycles. The van der Waals surface area contributed by atoms with Crippen molar-refractivity contribution in [3.63, 3.8) is 0 Å². The Balaban J connectivity index is 2.58. The summed E-state index contributed by atoms with van der Waals surface area (Å²) in [6.07, 6.45) is 1.55. The SMILES string of the molecule is C=C1N=C(N)c2[nH]cnc2N1. The number of amidine groups is 1. The van der Waals surface area contributed by atoms with Crippen LogP contribution in [0.5, 0.6) is 0 Å². The third-order valence-corrected chi connectivity index (χ3v) is 1.41. The predicted octanol–water partition coefficient (Wildman–Crippen LogP) is 0.0117. The molecule has 0 radical (unpaired) electrons. The van der Waals surface area contributed by atoms with Gasteiger partial charge in [0, 0.05) is 0 Å². The standard InChI is InChI=1S/C6H7N5/c1-3-10-5(7)4-6(11-3)9-2-8-4/h2,11H,1H2,(H2,7,10)(H,8,9). The van der Waals surface area contributed by atoms with E-state index < -0.39 is 0 Å². The van der Waals surface area contributed by atoms with Gasteiger partial charge in [-0.05, 0) is 0 Å². The van der Waals surface area contributed by atoms with Gasteiger partial charge in [-0.1, -0.05) is 6.58 Å². The zero-order valence-corrected chi connectivity index (χ0v) is 5.76. The number of H-pyrrole nitrogens is 1. The van der Waals surface area contributed by atoms with Crippen LogP contribution in [-0.2, 0) is 0 Å². The Bertz CT molecular complexity index is 334.